The summed E-state index contributed by atoms with van der Waals surface area (Å²) in [7, 11) is 0. The first kappa shape index (κ1) is 15.2. The normalized spacial score (nSPS) is 14.4. The summed E-state index contributed by atoms with van der Waals surface area (Å²) in [6, 6.07) is 13.2. The summed E-state index contributed by atoms with van der Waals surface area (Å²) in [5.74, 6) is 0. The minimum atomic E-state index is -0.230. The maximum absolute atomic E-state index is 12.7. The number of carbonyl (C=O) groups is 1. The summed E-state index contributed by atoms with van der Waals surface area (Å²) < 4.78 is 0. The number of hydrogen-bond donors (Lipinski definition) is 2. The fourth-order valence-corrected chi connectivity index (χ4v) is 3.41. The molecule has 122 valence electrons. The number of nitriles is 2. The lowest BCUT2D eigenvalue weighted by Crippen LogP contribution is -2.31. The Bertz CT molecular complexity index is 967. The van der Waals surface area contributed by atoms with Crippen LogP contribution in [0.25, 0.3) is 0 Å². The first-order valence-electron chi connectivity index (χ1n) is 8.03. The van der Waals surface area contributed by atoms with Crippen LogP contribution >= 0.6 is 0 Å². The molecule has 0 aliphatic carbocycles. The van der Waals surface area contributed by atoms with Crippen molar-refractivity contribution in [2.45, 2.75) is 26.2 Å². The first-order chi connectivity index (χ1) is 12.2. The van der Waals surface area contributed by atoms with Crippen LogP contribution in [0.3, 0.4) is 0 Å². The molecule has 2 heterocycles. The van der Waals surface area contributed by atoms with E-state index in [1.807, 2.05) is 18.2 Å². The van der Waals surface area contributed by atoms with Gasteiger partial charge in [-0.25, -0.2) is 4.79 Å². The summed E-state index contributed by atoms with van der Waals surface area (Å²) in [5.41, 5.74) is 5.81. The van der Waals surface area contributed by atoms with E-state index >= 15 is 0 Å². The highest BCUT2D eigenvalue weighted by molar-refractivity contribution is 5.92. The van der Waals surface area contributed by atoms with Crippen molar-refractivity contribution in [3.63, 3.8) is 0 Å². The molecule has 6 nitrogen and oxygen atoms in total. The van der Waals surface area contributed by atoms with Crippen molar-refractivity contribution in [3.05, 3.63) is 63.7 Å². The maximum atomic E-state index is 12.7. The van der Waals surface area contributed by atoms with Gasteiger partial charge in [-0.2, -0.15) is 10.5 Å². The number of carbonyl (C=O) groups excluding carboxylic acids is 1. The van der Waals surface area contributed by atoms with Crippen molar-refractivity contribution in [2.24, 2.45) is 0 Å². The van der Waals surface area contributed by atoms with Crippen LogP contribution in [0, 0.1) is 22.7 Å². The van der Waals surface area contributed by atoms with E-state index in [4.69, 9.17) is 5.26 Å². The molecular formula is C19H15N5O. The van der Waals surface area contributed by atoms with Crippen LogP contribution in [0.1, 0.15) is 33.4 Å². The standard InChI is InChI=1S/C19H15N5O/c20-6-12-1-2-15-10-24(11-16(15)5-12)19(25)23-18-13(7-21)3-4-14-8-22-9-17(14)18/h1-5,22H,8-11H2,(H,23,25). The van der Waals surface area contributed by atoms with Crippen LogP contribution < -0.4 is 10.6 Å². The lowest BCUT2D eigenvalue weighted by molar-refractivity contribution is 0.212. The lowest BCUT2D eigenvalue weighted by Gasteiger charge is -2.18. The molecule has 2 aliphatic rings. The molecule has 0 saturated carbocycles. The summed E-state index contributed by atoms with van der Waals surface area (Å²) >= 11 is 0. The van der Waals surface area contributed by atoms with Crippen molar-refractivity contribution < 1.29 is 4.79 Å². The summed E-state index contributed by atoms with van der Waals surface area (Å²) in [5, 5.41) is 24.5. The quantitative estimate of drug-likeness (QED) is 0.841. The fraction of sp³-hybridized carbons (Fsp3) is 0.211. The van der Waals surface area contributed by atoms with Crippen LogP contribution in [-0.4, -0.2) is 10.9 Å². The third-order valence-corrected chi connectivity index (χ3v) is 4.72. The van der Waals surface area contributed by atoms with E-state index in [1.54, 1.807) is 17.0 Å². The molecule has 25 heavy (non-hydrogen) atoms. The van der Waals surface area contributed by atoms with Crippen molar-refractivity contribution in [2.75, 3.05) is 5.32 Å². The largest absolute Gasteiger partial charge is 0.322 e. The van der Waals surface area contributed by atoms with E-state index in [0.717, 1.165) is 28.8 Å². The Morgan fingerprint density at radius 2 is 1.84 bits per heavy atom. The highest BCUT2D eigenvalue weighted by Gasteiger charge is 2.26. The van der Waals surface area contributed by atoms with E-state index in [0.29, 0.717) is 36.4 Å². The molecule has 0 fully saturated rings. The Balaban J connectivity index is 1.58. The predicted octanol–water partition coefficient (Wildman–Crippen LogP) is 2.58. The zero-order valence-electron chi connectivity index (χ0n) is 13.5. The summed E-state index contributed by atoms with van der Waals surface area (Å²) in [4.78, 5) is 14.4. The average molecular weight is 329 g/mol. The van der Waals surface area contributed by atoms with Crippen LogP contribution in [0.5, 0.6) is 0 Å². The van der Waals surface area contributed by atoms with Crippen molar-refractivity contribution >= 4 is 11.7 Å². The minimum Gasteiger partial charge on any atom is -0.316 e. The number of hydrogen-bond acceptors (Lipinski definition) is 4. The second-order valence-electron chi connectivity index (χ2n) is 6.22. The van der Waals surface area contributed by atoms with Crippen LogP contribution in [0.4, 0.5) is 10.5 Å². The molecule has 0 saturated heterocycles. The topological polar surface area (TPSA) is 92.0 Å². The second kappa shape index (κ2) is 5.94. The molecule has 0 atom stereocenters. The second-order valence-corrected chi connectivity index (χ2v) is 6.22. The van der Waals surface area contributed by atoms with E-state index in [1.165, 1.54) is 0 Å². The molecule has 0 unspecified atom stereocenters. The Hall–Kier alpha value is -3.35. The Morgan fingerprint density at radius 3 is 2.64 bits per heavy atom. The molecule has 4 rings (SSSR count). The van der Waals surface area contributed by atoms with E-state index < -0.39 is 0 Å². The Morgan fingerprint density at radius 1 is 1.04 bits per heavy atom. The predicted molar refractivity (Wildman–Crippen MR) is 91.1 cm³/mol. The van der Waals surface area contributed by atoms with Gasteiger partial charge in [0, 0.05) is 26.2 Å². The molecule has 2 aromatic carbocycles. The average Bonchev–Trinajstić information content (AvgIpc) is 3.27. The van der Waals surface area contributed by atoms with Gasteiger partial charge in [-0.1, -0.05) is 12.1 Å². The Kier molecular flexibility index (Phi) is 3.61. The van der Waals surface area contributed by atoms with Crippen molar-refractivity contribution in [3.8, 4) is 12.1 Å². The van der Waals surface area contributed by atoms with Crippen LogP contribution in [0.2, 0.25) is 0 Å². The Labute approximate surface area is 145 Å². The lowest BCUT2D eigenvalue weighted by atomic mass is 10.0. The van der Waals surface area contributed by atoms with Gasteiger partial charge in [0.25, 0.3) is 0 Å². The SMILES string of the molecule is N#Cc1ccc2c(c1)CN(C(=O)Nc1c(C#N)ccc3c1CNC3)C2. The minimum absolute atomic E-state index is 0.230. The van der Waals surface area contributed by atoms with Gasteiger partial charge in [0.05, 0.1) is 22.9 Å². The van der Waals surface area contributed by atoms with Crippen molar-refractivity contribution in [1.29, 1.82) is 10.5 Å². The highest BCUT2D eigenvalue weighted by Crippen LogP contribution is 2.30. The number of anilines is 1. The number of nitrogens with one attached hydrogen (secondary N) is 2. The van der Waals surface area contributed by atoms with Gasteiger partial charge in [0.1, 0.15) is 6.07 Å². The smallest absolute Gasteiger partial charge is 0.316 e. The molecule has 2 N–H and O–H groups in total. The third kappa shape index (κ3) is 2.59. The highest BCUT2D eigenvalue weighted by atomic mass is 16.2. The van der Waals surface area contributed by atoms with Gasteiger partial charge in [-0.05, 0) is 40.5 Å². The number of rotatable bonds is 1. The van der Waals surface area contributed by atoms with Gasteiger partial charge in [0.2, 0.25) is 0 Å². The zero-order chi connectivity index (χ0) is 17.4. The van der Waals surface area contributed by atoms with E-state index in [-0.39, 0.29) is 6.03 Å². The molecule has 0 radical (unpaired) electrons. The monoisotopic (exact) mass is 329 g/mol. The molecule has 0 spiro atoms. The number of nitrogens with zero attached hydrogens (tertiary/aromatic N) is 3. The molecule has 0 aromatic heterocycles. The molecule has 2 aromatic rings. The number of fused-ring (bicyclic) bond motifs is 2. The van der Waals surface area contributed by atoms with E-state index in [9.17, 15) is 10.1 Å². The van der Waals surface area contributed by atoms with Gasteiger partial charge in [0.15, 0.2) is 0 Å². The van der Waals surface area contributed by atoms with Crippen LogP contribution in [-0.2, 0) is 26.2 Å². The van der Waals surface area contributed by atoms with Crippen LogP contribution in [0.15, 0.2) is 30.3 Å². The summed E-state index contributed by atoms with van der Waals surface area (Å²) in [6.07, 6.45) is 0. The third-order valence-electron chi connectivity index (χ3n) is 4.72. The molecule has 2 amide bonds. The fourth-order valence-electron chi connectivity index (χ4n) is 3.41. The van der Waals surface area contributed by atoms with Gasteiger partial charge < -0.3 is 15.5 Å². The van der Waals surface area contributed by atoms with E-state index in [2.05, 4.69) is 22.8 Å². The number of amides is 2. The first-order valence-corrected chi connectivity index (χ1v) is 8.03. The summed E-state index contributed by atoms with van der Waals surface area (Å²) in [6.45, 7) is 2.36. The molecular weight excluding hydrogens is 314 g/mol. The molecule has 2 aliphatic heterocycles. The van der Waals surface area contributed by atoms with Crippen molar-refractivity contribution in [1.82, 2.24) is 10.2 Å². The zero-order valence-corrected chi connectivity index (χ0v) is 13.5. The van der Waals surface area contributed by atoms with Gasteiger partial charge in [-0.15, -0.1) is 0 Å². The maximum Gasteiger partial charge on any atom is 0.322 e. The number of benzene rings is 2. The van der Waals surface area contributed by atoms with Gasteiger partial charge >= 0.3 is 6.03 Å². The molecule has 6 heteroatoms. The number of urea groups is 1. The van der Waals surface area contributed by atoms with Gasteiger partial charge in [-0.3, -0.25) is 0 Å². The molecule has 0 bridgehead atoms.